The SMILES string of the molecule is O=C(O)C(Oc1ccccc1)C(OC1C=Cc2ccccc21)C(=O)O. The molecule has 3 rings (SSSR count). The molecule has 0 spiro atoms. The zero-order valence-electron chi connectivity index (χ0n) is 13.1. The fourth-order valence-corrected chi connectivity index (χ4v) is 2.64. The minimum Gasteiger partial charge on any atom is -0.479 e. The van der Waals surface area contributed by atoms with E-state index in [9.17, 15) is 19.8 Å². The predicted molar refractivity (Wildman–Crippen MR) is 89.2 cm³/mol. The average molecular weight is 340 g/mol. The number of carboxylic acids is 2. The van der Waals surface area contributed by atoms with Crippen molar-refractivity contribution in [1.82, 2.24) is 0 Å². The van der Waals surface area contributed by atoms with Crippen LogP contribution >= 0.6 is 0 Å². The Kier molecular flexibility index (Phi) is 4.81. The van der Waals surface area contributed by atoms with Gasteiger partial charge in [0.25, 0.3) is 0 Å². The van der Waals surface area contributed by atoms with E-state index in [4.69, 9.17) is 9.47 Å². The van der Waals surface area contributed by atoms with Crippen LogP contribution in [0, 0.1) is 0 Å². The summed E-state index contributed by atoms with van der Waals surface area (Å²) in [5.74, 6) is -2.56. The summed E-state index contributed by atoms with van der Waals surface area (Å²) < 4.78 is 11.0. The molecule has 3 unspecified atom stereocenters. The Labute approximate surface area is 143 Å². The van der Waals surface area contributed by atoms with Crippen molar-refractivity contribution in [2.45, 2.75) is 18.3 Å². The number of aliphatic carboxylic acids is 2. The summed E-state index contributed by atoms with van der Waals surface area (Å²) in [5, 5.41) is 18.9. The van der Waals surface area contributed by atoms with Crippen LogP contribution in [0.2, 0.25) is 0 Å². The maximum atomic E-state index is 11.6. The molecule has 1 aliphatic rings. The summed E-state index contributed by atoms with van der Waals surface area (Å²) >= 11 is 0. The second-order valence-electron chi connectivity index (χ2n) is 5.49. The van der Waals surface area contributed by atoms with Gasteiger partial charge in [-0.15, -0.1) is 0 Å². The summed E-state index contributed by atoms with van der Waals surface area (Å²) in [4.78, 5) is 23.2. The summed E-state index contributed by atoms with van der Waals surface area (Å²) in [7, 11) is 0. The summed E-state index contributed by atoms with van der Waals surface area (Å²) in [6, 6.07) is 15.5. The molecule has 0 saturated heterocycles. The minimum atomic E-state index is -1.68. The van der Waals surface area contributed by atoms with E-state index in [0.717, 1.165) is 11.1 Å². The van der Waals surface area contributed by atoms with E-state index >= 15 is 0 Å². The van der Waals surface area contributed by atoms with Crippen molar-refractivity contribution in [2.24, 2.45) is 0 Å². The standard InChI is InChI=1S/C19H16O6/c20-18(21)16(24-13-7-2-1-3-8-13)17(19(22)23)25-15-11-10-12-6-4-5-9-14(12)15/h1-11,15-17H,(H,20,21)(H,22,23). The van der Waals surface area contributed by atoms with Crippen molar-refractivity contribution in [3.05, 3.63) is 71.8 Å². The third kappa shape index (κ3) is 3.70. The third-order valence-corrected chi connectivity index (χ3v) is 3.81. The van der Waals surface area contributed by atoms with Crippen LogP contribution in [-0.2, 0) is 14.3 Å². The molecule has 1 aliphatic carbocycles. The molecular formula is C19H16O6. The number of rotatable bonds is 7. The molecule has 25 heavy (non-hydrogen) atoms. The fraction of sp³-hybridized carbons (Fsp3) is 0.158. The van der Waals surface area contributed by atoms with Crippen LogP contribution in [0.3, 0.4) is 0 Å². The van der Waals surface area contributed by atoms with Gasteiger partial charge in [0, 0.05) is 0 Å². The van der Waals surface area contributed by atoms with Crippen molar-refractivity contribution < 1.29 is 29.3 Å². The van der Waals surface area contributed by atoms with E-state index in [-0.39, 0.29) is 5.75 Å². The second-order valence-corrected chi connectivity index (χ2v) is 5.49. The molecule has 2 N–H and O–H groups in total. The van der Waals surface area contributed by atoms with Gasteiger partial charge in [0.05, 0.1) is 0 Å². The highest BCUT2D eigenvalue weighted by Gasteiger charge is 2.39. The van der Waals surface area contributed by atoms with Gasteiger partial charge < -0.3 is 19.7 Å². The Morgan fingerprint density at radius 2 is 1.52 bits per heavy atom. The smallest absolute Gasteiger partial charge is 0.348 e. The van der Waals surface area contributed by atoms with E-state index in [1.54, 1.807) is 36.4 Å². The molecular weight excluding hydrogens is 324 g/mol. The van der Waals surface area contributed by atoms with Crippen LogP contribution in [-0.4, -0.2) is 34.4 Å². The highest BCUT2D eigenvalue weighted by atomic mass is 16.6. The molecule has 0 amide bonds. The summed E-state index contributed by atoms with van der Waals surface area (Å²) in [5.41, 5.74) is 1.70. The average Bonchev–Trinajstić information content (AvgIpc) is 3.01. The minimum absolute atomic E-state index is 0.257. The Morgan fingerprint density at radius 1 is 0.880 bits per heavy atom. The number of hydrogen-bond donors (Lipinski definition) is 2. The number of hydrogen-bond acceptors (Lipinski definition) is 4. The van der Waals surface area contributed by atoms with Gasteiger partial charge in [-0.2, -0.15) is 0 Å². The molecule has 6 nitrogen and oxygen atoms in total. The Balaban J connectivity index is 1.83. The lowest BCUT2D eigenvalue weighted by Crippen LogP contribution is -2.46. The topological polar surface area (TPSA) is 93.1 Å². The molecule has 0 fully saturated rings. The number of carboxylic acid groups (broad SMARTS) is 2. The van der Waals surface area contributed by atoms with Crippen molar-refractivity contribution in [3.8, 4) is 5.75 Å². The van der Waals surface area contributed by atoms with Crippen molar-refractivity contribution >= 4 is 18.0 Å². The molecule has 128 valence electrons. The van der Waals surface area contributed by atoms with E-state index in [0.29, 0.717) is 0 Å². The third-order valence-electron chi connectivity index (χ3n) is 3.81. The van der Waals surface area contributed by atoms with Crippen LogP contribution in [0.5, 0.6) is 5.75 Å². The summed E-state index contributed by atoms with van der Waals surface area (Å²) in [6.07, 6.45) is -0.479. The number of benzene rings is 2. The highest BCUT2D eigenvalue weighted by Crippen LogP contribution is 2.32. The Morgan fingerprint density at radius 3 is 2.20 bits per heavy atom. The molecule has 0 bridgehead atoms. The van der Waals surface area contributed by atoms with Gasteiger partial charge in [-0.05, 0) is 23.3 Å². The van der Waals surface area contributed by atoms with E-state index in [1.165, 1.54) is 0 Å². The van der Waals surface area contributed by atoms with Crippen molar-refractivity contribution in [1.29, 1.82) is 0 Å². The lowest BCUT2D eigenvalue weighted by molar-refractivity contribution is -0.171. The lowest BCUT2D eigenvalue weighted by Gasteiger charge is -2.24. The largest absolute Gasteiger partial charge is 0.479 e. The zero-order valence-corrected chi connectivity index (χ0v) is 13.1. The lowest BCUT2D eigenvalue weighted by atomic mass is 10.1. The van der Waals surface area contributed by atoms with Crippen LogP contribution in [0.15, 0.2) is 60.7 Å². The molecule has 0 saturated carbocycles. The van der Waals surface area contributed by atoms with Gasteiger partial charge in [-0.25, -0.2) is 9.59 Å². The van der Waals surface area contributed by atoms with Gasteiger partial charge >= 0.3 is 11.9 Å². The van der Waals surface area contributed by atoms with E-state index < -0.39 is 30.3 Å². The van der Waals surface area contributed by atoms with Gasteiger partial charge in [0.1, 0.15) is 11.9 Å². The first-order valence-electron chi connectivity index (χ1n) is 7.66. The molecule has 2 aromatic carbocycles. The molecule has 6 heteroatoms. The van der Waals surface area contributed by atoms with Crippen molar-refractivity contribution in [2.75, 3.05) is 0 Å². The van der Waals surface area contributed by atoms with Gasteiger partial charge in [-0.1, -0.05) is 54.6 Å². The monoisotopic (exact) mass is 340 g/mol. The Hall–Kier alpha value is -3.12. The molecule has 2 aromatic rings. The maximum absolute atomic E-state index is 11.6. The quantitative estimate of drug-likeness (QED) is 0.805. The fourth-order valence-electron chi connectivity index (χ4n) is 2.64. The predicted octanol–water partition coefficient (Wildman–Crippen LogP) is 2.76. The molecule has 0 radical (unpaired) electrons. The first kappa shape index (κ1) is 16.7. The van der Waals surface area contributed by atoms with Crippen LogP contribution in [0.25, 0.3) is 6.08 Å². The summed E-state index contributed by atoms with van der Waals surface area (Å²) in [6.45, 7) is 0. The maximum Gasteiger partial charge on any atom is 0.348 e. The molecule has 0 heterocycles. The van der Waals surface area contributed by atoms with Crippen LogP contribution < -0.4 is 4.74 Å². The number of fused-ring (bicyclic) bond motifs is 1. The van der Waals surface area contributed by atoms with Gasteiger partial charge in [-0.3, -0.25) is 0 Å². The zero-order chi connectivity index (χ0) is 17.8. The van der Waals surface area contributed by atoms with Crippen LogP contribution in [0.4, 0.5) is 0 Å². The number of carbonyl (C=O) groups is 2. The molecule has 0 aromatic heterocycles. The van der Waals surface area contributed by atoms with Gasteiger partial charge in [0.2, 0.25) is 12.2 Å². The number of ether oxygens (including phenoxy) is 2. The second kappa shape index (κ2) is 7.19. The van der Waals surface area contributed by atoms with E-state index in [2.05, 4.69) is 0 Å². The van der Waals surface area contributed by atoms with Crippen molar-refractivity contribution in [3.63, 3.8) is 0 Å². The number of para-hydroxylation sites is 1. The highest BCUT2D eigenvalue weighted by molar-refractivity contribution is 5.84. The first-order chi connectivity index (χ1) is 12.1. The normalized spacial score (nSPS) is 17.5. The van der Waals surface area contributed by atoms with Gasteiger partial charge in [0.15, 0.2) is 0 Å². The van der Waals surface area contributed by atoms with Crippen LogP contribution in [0.1, 0.15) is 17.2 Å². The Bertz CT molecular complexity index is 799. The van der Waals surface area contributed by atoms with E-state index in [1.807, 2.05) is 30.3 Å². The molecule has 3 atom stereocenters. The molecule has 0 aliphatic heterocycles. The first-order valence-corrected chi connectivity index (χ1v) is 7.66.